The molecule has 0 atom stereocenters. The first kappa shape index (κ1) is 15.0. The molecule has 1 aliphatic carbocycles. The van der Waals surface area contributed by atoms with E-state index < -0.39 is 11.8 Å². The monoisotopic (exact) mass is 255 g/mol. The zero-order chi connectivity index (χ0) is 13.5. The summed E-state index contributed by atoms with van der Waals surface area (Å²) in [5.74, 6) is -0.195. The summed E-state index contributed by atoms with van der Waals surface area (Å²) in [5.41, 5.74) is 5.29. The number of rotatable bonds is 4. The molecule has 0 spiro atoms. The highest BCUT2D eigenvalue weighted by Gasteiger charge is 2.28. The number of amides is 2. The lowest BCUT2D eigenvalue weighted by Gasteiger charge is -2.34. The van der Waals surface area contributed by atoms with Gasteiger partial charge in [0.1, 0.15) is 0 Å². The molecule has 0 heterocycles. The van der Waals surface area contributed by atoms with Crippen LogP contribution in [0.1, 0.15) is 39.0 Å². The fraction of sp³-hybridized carbons (Fsp3) is 0.846. The van der Waals surface area contributed by atoms with Gasteiger partial charge in [-0.05, 0) is 31.6 Å². The van der Waals surface area contributed by atoms with Crippen molar-refractivity contribution in [3.8, 4) is 0 Å². The first-order valence-electron chi connectivity index (χ1n) is 6.85. The highest BCUT2D eigenvalue weighted by Crippen LogP contribution is 2.28. The average Bonchev–Trinajstić information content (AvgIpc) is 2.43. The molecule has 104 valence electrons. The second kappa shape index (κ2) is 7.36. The van der Waals surface area contributed by atoms with Gasteiger partial charge >= 0.3 is 11.8 Å². The van der Waals surface area contributed by atoms with E-state index in [2.05, 4.69) is 12.2 Å². The zero-order valence-corrected chi connectivity index (χ0v) is 11.4. The maximum atomic E-state index is 11.9. The molecule has 5 nitrogen and oxygen atoms in total. The predicted octanol–water partition coefficient (Wildman–Crippen LogP) is 0.489. The minimum absolute atomic E-state index is 0.212. The van der Waals surface area contributed by atoms with Gasteiger partial charge in [-0.15, -0.1) is 0 Å². The Hall–Kier alpha value is -1.10. The third-order valence-electron chi connectivity index (χ3n) is 3.89. The maximum Gasteiger partial charge on any atom is 0.311 e. The van der Waals surface area contributed by atoms with Crippen LogP contribution in [0.25, 0.3) is 0 Å². The normalized spacial score (nSPS) is 23.5. The number of hydrogen-bond acceptors (Lipinski definition) is 3. The lowest BCUT2D eigenvalue weighted by atomic mass is 9.84. The number of nitrogens with zero attached hydrogens (tertiary/aromatic N) is 1. The molecule has 0 radical (unpaired) electrons. The van der Waals surface area contributed by atoms with E-state index in [9.17, 15) is 9.59 Å². The number of hydrogen-bond donors (Lipinski definition) is 2. The summed E-state index contributed by atoms with van der Waals surface area (Å²) < 4.78 is 0. The van der Waals surface area contributed by atoms with Crippen LogP contribution in [0.2, 0.25) is 0 Å². The summed E-state index contributed by atoms with van der Waals surface area (Å²) >= 11 is 0. The molecule has 0 aliphatic heterocycles. The zero-order valence-electron chi connectivity index (χ0n) is 11.4. The van der Waals surface area contributed by atoms with Crippen molar-refractivity contribution in [3.63, 3.8) is 0 Å². The Balaban J connectivity index is 2.42. The summed E-state index contributed by atoms with van der Waals surface area (Å²) in [7, 11) is 1.72. The quantitative estimate of drug-likeness (QED) is 0.718. The van der Waals surface area contributed by atoms with Crippen molar-refractivity contribution in [2.75, 3.05) is 20.1 Å². The van der Waals surface area contributed by atoms with Gasteiger partial charge in [0.25, 0.3) is 0 Å². The van der Waals surface area contributed by atoms with Gasteiger partial charge in [-0.2, -0.15) is 0 Å². The number of carbonyl (C=O) groups excluding carboxylic acids is 2. The van der Waals surface area contributed by atoms with Crippen molar-refractivity contribution < 1.29 is 9.59 Å². The third kappa shape index (κ3) is 3.98. The van der Waals surface area contributed by atoms with E-state index >= 15 is 0 Å². The van der Waals surface area contributed by atoms with Gasteiger partial charge in [-0.3, -0.25) is 9.59 Å². The van der Waals surface area contributed by atoms with Gasteiger partial charge in [-0.1, -0.05) is 13.3 Å². The molecule has 5 heteroatoms. The highest BCUT2D eigenvalue weighted by molar-refractivity contribution is 6.35. The van der Waals surface area contributed by atoms with Crippen LogP contribution in [0, 0.1) is 5.92 Å². The molecule has 1 rings (SSSR count). The summed E-state index contributed by atoms with van der Waals surface area (Å²) in [5, 5.41) is 2.52. The molecular weight excluding hydrogens is 230 g/mol. The van der Waals surface area contributed by atoms with Crippen LogP contribution in [0.3, 0.4) is 0 Å². The lowest BCUT2D eigenvalue weighted by molar-refractivity contribution is -0.146. The smallest absolute Gasteiger partial charge is 0.311 e. The van der Waals surface area contributed by atoms with E-state index in [1.54, 1.807) is 11.9 Å². The van der Waals surface area contributed by atoms with Gasteiger partial charge in [0, 0.05) is 26.2 Å². The molecule has 0 aromatic rings. The predicted molar refractivity (Wildman–Crippen MR) is 70.9 cm³/mol. The molecule has 1 aliphatic rings. The van der Waals surface area contributed by atoms with Crippen molar-refractivity contribution in [1.29, 1.82) is 0 Å². The van der Waals surface area contributed by atoms with Crippen molar-refractivity contribution in [2.45, 2.75) is 45.1 Å². The molecule has 0 bridgehead atoms. The van der Waals surface area contributed by atoms with Crippen molar-refractivity contribution in [1.82, 2.24) is 10.2 Å². The standard InChI is InChI=1S/C13H25N3O2/c1-3-10-4-6-11(7-5-10)16(2)13(18)12(17)15-9-8-14/h10-11H,3-9,14H2,1-2H3,(H,15,17). The summed E-state index contributed by atoms with van der Waals surface area (Å²) in [6.07, 6.45) is 5.53. The van der Waals surface area contributed by atoms with Gasteiger partial charge in [0.05, 0.1) is 0 Å². The molecule has 1 fully saturated rings. The lowest BCUT2D eigenvalue weighted by Crippen LogP contribution is -2.47. The number of nitrogens with one attached hydrogen (secondary N) is 1. The Kier molecular flexibility index (Phi) is 6.12. The van der Waals surface area contributed by atoms with Crippen LogP contribution in [-0.4, -0.2) is 42.9 Å². The maximum absolute atomic E-state index is 11.9. The summed E-state index contributed by atoms with van der Waals surface area (Å²) in [4.78, 5) is 25.0. The van der Waals surface area contributed by atoms with Gasteiger partial charge in [-0.25, -0.2) is 0 Å². The third-order valence-corrected chi connectivity index (χ3v) is 3.89. The van der Waals surface area contributed by atoms with Crippen molar-refractivity contribution in [3.05, 3.63) is 0 Å². The minimum Gasteiger partial charge on any atom is -0.347 e. The van der Waals surface area contributed by atoms with Gasteiger partial charge in [0.2, 0.25) is 0 Å². The fourth-order valence-electron chi connectivity index (χ4n) is 2.53. The Labute approximate surface area is 109 Å². The highest BCUT2D eigenvalue weighted by atomic mass is 16.2. The first-order chi connectivity index (χ1) is 8.60. The minimum atomic E-state index is -0.541. The molecule has 3 N–H and O–H groups in total. The largest absolute Gasteiger partial charge is 0.347 e. The second-order valence-corrected chi connectivity index (χ2v) is 5.04. The molecule has 0 aromatic heterocycles. The van der Waals surface area contributed by atoms with E-state index in [0.717, 1.165) is 31.6 Å². The van der Waals surface area contributed by atoms with E-state index in [1.807, 2.05) is 0 Å². The SMILES string of the molecule is CCC1CCC(N(C)C(=O)C(=O)NCCN)CC1. The molecule has 1 saturated carbocycles. The Bertz CT molecular complexity index is 286. The Morgan fingerprint density at radius 2 is 1.89 bits per heavy atom. The number of carbonyl (C=O) groups is 2. The molecular formula is C13H25N3O2. The van der Waals surface area contributed by atoms with Crippen molar-refractivity contribution in [2.24, 2.45) is 11.7 Å². The Morgan fingerprint density at radius 1 is 1.28 bits per heavy atom. The van der Waals surface area contributed by atoms with E-state index in [4.69, 9.17) is 5.73 Å². The topological polar surface area (TPSA) is 75.4 Å². The second-order valence-electron chi connectivity index (χ2n) is 5.04. The van der Waals surface area contributed by atoms with Gasteiger partial charge < -0.3 is 16.0 Å². The molecule has 0 aromatic carbocycles. The summed E-state index contributed by atoms with van der Waals surface area (Å²) in [6.45, 7) is 2.91. The number of nitrogens with two attached hydrogens (primary N) is 1. The fourth-order valence-corrected chi connectivity index (χ4v) is 2.53. The van der Waals surface area contributed by atoms with E-state index in [1.165, 1.54) is 6.42 Å². The van der Waals surface area contributed by atoms with Crippen LogP contribution in [0.5, 0.6) is 0 Å². The van der Waals surface area contributed by atoms with Crippen LogP contribution in [0.4, 0.5) is 0 Å². The summed E-state index contributed by atoms with van der Waals surface area (Å²) in [6, 6.07) is 0.212. The molecule has 0 unspecified atom stereocenters. The first-order valence-corrected chi connectivity index (χ1v) is 6.85. The molecule has 18 heavy (non-hydrogen) atoms. The van der Waals surface area contributed by atoms with Crippen LogP contribution in [0.15, 0.2) is 0 Å². The van der Waals surface area contributed by atoms with E-state index in [0.29, 0.717) is 13.1 Å². The Morgan fingerprint density at radius 3 is 2.39 bits per heavy atom. The average molecular weight is 255 g/mol. The number of likely N-dealkylation sites (N-methyl/N-ethyl adjacent to an activating group) is 1. The van der Waals surface area contributed by atoms with E-state index in [-0.39, 0.29) is 6.04 Å². The van der Waals surface area contributed by atoms with Crippen molar-refractivity contribution >= 4 is 11.8 Å². The van der Waals surface area contributed by atoms with Crippen LogP contribution in [-0.2, 0) is 9.59 Å². The van der Waals surface area contributed by atoms with Crippen LogP contribution < -0.4 is 11.1 Å². The van der Waals surface area contributed by atoms with Crippen LogP contribution >= 0.6 is 0 Å². The van der Waals surface area contributed by atoms with Gasteiger partial charge in [0.15, 0.2) is 0 Å². The molecule has 2 amide bonds. The molecule has 0 saturated heterocycles.